The number of aryl methyl sites for hydroxylation is 1. The van der Waals surface area contributed by atoms with Gasteiger partial charge in [0.15, 0.2) is 5.76 Å². The first-order chi connectivity index (χ1) is 11.6. The van der Waals surface area contributed by atoms with Gasteiger partial charge in [0.25, 0.3) is 0 Å². The molecular formula is C18H17N3O3. The SMILES string of the molecule is CCOC(=O)c1cc(-c2cc(C)no2)c(-c2ccccc2)nc1N. The smallest absolute Gasteiger partial charge is 0.341 e. The Balaban J connectivity index is 2.21. The van der Waals surface area contributed by atoms with Crippen molar-refractivity contribution in [3.63, 3.8) is 0 Å². The number of anilines is 1. The van der Waals surface area contributed by atoms with Crippen LogP contribution in [-0.2, 0) is 4.74 Å². The summed E-state index contributed by atoms with van der Waals surface area (Å²) < 4.78 is 10.4. The summed E-state index contributed by atoms with van der Waals surface area (Å²) in [7, 11) is 0. The van der Waals surface area contributed by atoms with Crippen molar-refractivity contribution < 1.29 is 14.1 Å². The summed E-state index contributed by atoms with van der Waals surface area (Å²) in [6.45, 7) is 3.82. The fraction of sp³-hybridized carbons (Fsp3) is 0.167. The molecule has 6 heteroatoms. The Labute approximate surface area is 139 Å². The highest BCUT2D eigenvalue weighted by molar-refractivity contribution is 5.97. The number of nitrogen functional groups attached to an aromatic ring is 1. The standard InChI is InChI=1S/C18H17N3O3/c1-3-23-18(22)14-10-13(15-9-11(2)21-24-15)16(20-17(14)19)12-7-5-4-6-8-12/h4-10H,3H2,1-2H3,(H2,19,20). The summed E-state index contributed by atoms with van der Waals surface area (Å²) in [6.07, 6.45) is 0. The monoisotopic (exact) mass is 323 g/mol. The van der Waals surface area contributed by atoms with Crippen molar-refractivity contribution in [2.75, 3.05) is 12.3 Å². The molecular weight excluding hydrogens is 306 g/mol. The van der Waals surface area contributed by atoms with Crippen LogP contribution in [-0.4, -0.2) is 22.7 Å². The Bertz CT molecular complexity index is 872. The predicted molar refractivity (Wildman–Crippen MR) is 90.3 cm³/mol. The molecule has 0 aliphatic rings. The van der Waals surface area contributed by atoms with Crippen molar-refractivity contribution in [2.45, 2.75) is 13.8 Å². The van der Waals surface area contributed by atoms with Gasteiger partial charge < -0.3 is 15.0 Å². The van der Waals surface area contributed by atoms with Crippen molar-refractivity contribution in [3.05, 3.63) is 53.7 Å². The number of nitrogens with zero attached hydrogens (tertiary/aromatic N) is 2. The number of ether oxygens (including phenoxy) is 1. The number of pyridine rings is 1. The molecule has 2 heterocycles. The molecule has 0 spiro atoms. The van der Waals surface area contributed by atoms with Crippen LogP contribution in [0.1, 0.15) is 23.0 Å². The number of esters is 1. The second kappa shape index (κ2) is 6.54. The van der Waals surface area contributed by atoms with Gasteiger partial charge in [0.1, 0.15) is 11.4 Å². The minimum atomic E-state index is -0.514. The summed E-state index contributed by atoms with van der Waals surface area (Å²) in [6, 6.07) is 13.0. The molecule has 0 aliphatic carbocycles. The number of carbonyl (C=O) groups is 1. The third-order valence-corrected chi connectivity index (χ3v) is 3.49. The van der Waals surface area contributed by atoms with Crippen molar-refractivity contribution in [3.8, 4) is 22.6 Å². The van der Waals surface area contributed by atoms with Crippen LogP contribution in [0.15, 0.2) is 47.0 Å². The second-order valence-corrected chi connectivity index (χ2v) is 5.24. The van der Waals surface area contributed by atoms with Crippen molar-refractivity contribution in [2.24, 2.45) is 0 Å². The maximum absolute atomic E-state index is 12.1. The van der Waals surface area contributed by atoms with Crippen LogP contribution in [0.2, 0.25) is 0 Å². The van der Waals surface area contributed by atoms with Gasteiger partial charge >= 0.3 is 5.97 Å². The number of carbonyl (C=O) groups excluding carboxylic acids is 1. The zero-order chi connectivity index (χ0) is 17.1. The van der Waals surface area contributed by atoms with Crippen molar-refractivity contribution in [1.29, 1.82) is 0 Å². The van der Waals surface area contributed by atoms with E-state index in [0.29, 0.717) is 17.0 Å². The Kier molecular flexibility index (Phi) is 4.29. The molecule has 6 nitrogen and oxygen atoms in total. The predicted octanol–water partition coefficient (Wildman–Crippen LogP) is 3.47. The molecule has 0 saturated heterocycles. The van der Waals surface area contributed by atoms with E-state index in [4.69, 9.17) is 15.0 Å². The molecule has 0 fully saturated rings. The summed E-state index contributed by atoms with van der Waals surface area (Å²) in [4.78, 5) is 16.5. The highest BCUT2D eigenvalue weighted by Crippen LogP contribution is 2.33. The average molecular weight is 323 g/mol. The highest BCUT2D eigenvalue weighted by Gasteiger charge is 2.20. The van der Waals surface area contributed by atoms with Crippen LogP contribution in [0.4, 0.5) is 5.82 Å². The molecule has 0 unspecified atom stereocenters. The van der Waals surface area contributed by atoms with E-state index >= 15 is 0 Å². The minimum Gasteiger partial charge on any atom is -0.462 e. The molecule has 0 radical (unpaired) electrons. The molecule has 0 bridgehead atoms. The van der Waals surface area contributed by atoms with Crippen LogP contribution < -0.4 is 5.73 Å². The third kappa shape index (κ3) is 2.99. The Morgan fingerprint density at radius 1 is 1.25 bits per heavy atom. The van der Waals surface area contributed by atoms with E-state index in [1.807, 2.05) is 37.3 Å². The second-order valence-electron chi connectivity index (χ2n) is 5.24. The van der Waals surface area contributed by atoms with E-state index in [1.165, 1.54) is 0 Å². The topological polar surface area (TPSA) is 91.2 Å². The lowest BCUT2D eigenvalue weighted by Gasteiger charge is -2.11. The number of nitrogens with two attached hydrogens (primary N) is 1. The molecule has 0 amide bonds. The zero-order valence-corrected chi connectivity index (χ0v) is 13.4. The maximum Gasteiger partial charge on any atom is 0.341 e. The van der Waals surface area contributed by atoms with Gasteiger partial charge in [-0.05, 0) is 19.9 Å². The number of aromatic nitrogens is 2. The largest absolute Gasteiger partial charge is 0.462 e. The number of hydrogen-bond donors (Lipinski definition) is 1. The molecule has 0 aliphatic heterocycles. The first-order valence-corrected chi connectivity index (χ1v) is 7.57. The molecule has 2 aromatic heterocycles. The van der Waals surface area contributed by atoms with Gasteiger partial charge in [-0.2, -0.15) is 0 Å². The van der Waals surface area contributed by atoms with Gasteiger partial charge in [-0.25, -0.2) is 9.78 Å². The Morgan fingerprint density at radius 3 is 2.62 bits per heavy atom. The molecule has 3 rings (SSSR count). The Morgan fingerprint density at radius 2 is 2.00 bits per heavy atom. The molecule has 2 N–H and O–H groups in total. The lowest BCUT2D eigenvalue weighted by molar-refractivity contribution is 0.0527. The lowest BCUT2D eigenvalue weighted by Crippen LogP contribution is -2.10. The quantitative estimate of drug-likeness (QED) is 0.739. The van der Waals surface area contributed by atoms with E-state index < -0.39 is 5.97 Å². The van der Waals surface area contributed by atoms with Crippen LogP contribution in [0, 0.1) is 6.92 Å². The molecule has 0 atom stereocenters. The highest BCUT2D eigenvalue weighted by atomic mass is 16.5. The molecule has 3 aromatic rings. The number of rotatable bonds is 4. The van der Waals surface area contributed by atoms with Gasteiger partial charge in [-0.15, -0.1) is 0 Å². The van der Waals surface area contributed by atoms with Gasteiger partial charge in [0, 0.05) is 17.2 Å². The lowest BCUT2D eigenvalue weighted by atomic mass is 10.0. The van der Waals surface area contributed by atoms with Crippen LogP contribution >= 0.6 is 0 Å². The van der Waals surface area contributed by atoms with E-state index in [1.54, 1.807) is 19.1 Å². The first-order valence-electron chi connectivity index (χ1n) is 7.57. The summed E-state index contributed by atoms with van der Waals surface area (Å²) in [5, 5.41) is 3.91. The minimum absolute atomic E-state index is 0.118. The van der Waals surface area contributed by atoms with Crippen molar-refractivity contribution in [1.82, 2.24) is 10.1 Å². The fourth-order valence-electron chi connectivity index (χ4n) is 2.39. The summed E-state index contributed by atoms with van der Waals surface area (Å²) in [5.41, 5.74) is 9.05. The van der Waals surface area contributed by atoms with Crippen LogP contribution in [0.25, 0.3) is 22.6 Å². The number of hydrogen-bond acceptors (Lipinski definition) is 6. The zero-order valence-electron chi connectivity index (χ0n) is 13.4. The summed E-state index contributed by atoms with van der Waals surface area (Å²) >= 11 is 0. The Hall–Kier alpha value is -3.15. The normalized spacial score (nSPS) is 10.6. The van der Waals surface area contributed by atoms with E-state index in [9.17, 15) is 4.79 Å². The van der Waals surface area contributed by atoms with Gasteiger partial charge in [-0.3, -0.25) is 0 Å². The maximum atomic E-state index is 12.1. The molecule has 122 valence electrons. The number of benzene rings is 1. The first kappa shape index (κ1) is 15.7. The van der Waals surface area contributed by atoms with E-state index in [-0.39, 0.29) is 18.0 Å². The van der Waals surface area contributed by atoms with Gasteiger partial charge in [0.05, 0.1) is 18.0 Å². The van der Waals surface area contributed by atoms with Gasteiger partial charge in [-0.1, -0.05) is 35.5 Å². The van der Waals surface area contributed by atoms with E-state index in [2.05, 4.69) is 10.1 Å². The molecule has 1 aromatic carbocycles. The average Bonchev–Trinajstić information content (AvgIpc) is 3.02. The third-order valence-electron chi connectivity index (χ3n) is 3.49. The summed E-state index contributed by atoms with van der Waals surface area (Å²) in [5.74, 6) is 0.122. The van der Waals surface area contributed by atoms with Crippen LogP contribution in [0.3, 0.4) is 0 Å². The molecule has 24 heavy (non-hydrogen) atoms. The van der Waals surface area contributed by atoms with E-state index in [0.717, 1.165) is 11.3 Å². The molecule has 0 saturated carbocycles. The fourth-order valence-corrected chi connectivity index (χ4v) is 2.39. The van der Waals surface area contributed by atoms with Crippen LogP contribution in [0.5, 0.6) is 0 Å². The van der Waals surface area contributed by atoms with Crippen molar-refractivity contribution >= 4 is 11.8 Å². The van der Waals surface area contributed by atoms with Gasteiger partial charge in [0.2, 0.25) is 0 Å².